The van der Waals surface area contributed by atoms with Crippen LogP contribution in [0.25, 0.3) is 16.8 Å². The molecular weight excluding hydrogens is 328 g/mol. The number of rotatable bonds is 5. The summed E-state index contributed by atoms with van der Waals surface area (Å²) in [5.74, 6) is 0.852. The second-order valence-electron chi connectivity index (χ2n) is 5.55. The van der Waals surface area contributed by atoms with E-state index in [0.717, 1.165) is 22.4 Å². The number of benzene rings is 3. The molecule has 2 N–H and O–H groups in total. The van der Waals surface area contributed by atoms with Gasteiger partial charge < -0.3 is 5.73 Å². The lowest BCUT2D eigenvalue weighted by atomic mass is 10.0. The minimum atomic E-state index is 0.376. The Balaban J connectivity index is 1.90. The second-order valence-corrected chi connectivity index (χ2v) is 5.86. The molecule has 124 valence electrons. The third-order valence-corrected chi connectivity index (χ3v) is 4.02. The van der Waals surface area contributed by atoms with Crippen LogP contribution in [-0.2, 0) is 0 Å². The van der Waals surface area contributed by atoms with Crippen molar-refractivity contribution in [2.45, 2.75) is 0 Å². The van der Waals surface area contributed by atoms with Crippen LogP contribution in [0.2, 0.25) is 0 Å². The lowest BCUT2D eigenvalue weighted by Gasteiger charge is -2.07. The van der Waals surface area contributed by atoms with Gasteiger partial charge in [-0.1, -0.05) is 84.9 Å². The smallest absolute Gasteiger partial charge is 0.131 e. The molecule has 0 unspecified atom stereocenters. The fourth-order valence-corrected chi connectivity index (χ4v) is 2.71. The van der Waals surface area contributed by atoms with E-state index in [0.29, 0.717) is 11.7 Å². The van der Waals surface area contributed by atoms with Gasteiger partial charge in [-0.25, -0.2) is 4.99 Å². The van der Waals surface area contributed by atoms with Crippen molar-refractivity contribution < 1.29 is 0 Å². The standard InChI is InChI=1S/C22H19ClN2/c23-16-15-21(25-22(24)20-9-5-2-6-10-20)19-13-11-18(12-14-19)17-7-3-1-4-8-17/h1-15H,16H2,(H2,24,25)/b21-15-. The number of hydrogen-bond acceptors (Lipinski definition) is 1. The predicted octanol–water partition coefficient (Wildman–Crippen LogP) is 5.34. The van der Waals surface area contributed by atoms with Crippen LogP contribution in [0, 0.1) is 0 Å². The van der Waals surface area contributed by atoms with Gasteiger partial charge in [0, 0.05) is 11.4 Å². The van der Waals surface area contributed by atoms with Crippen molar-refractivity contribution in [1.29, 1.82) is 0 Å². The normalized spacial score (nSPS) is 12.2. The van der Waals surface area contributed by atoms with Crippen molar-refractivity contribution in [3.63, 3.8) is 0 Å². The number of halogens is 1. The molecule has 3 rings (SSSR count). The zero-order chi connectivity index (χ0) is 17.5. The summed E-state index contributed by atoms with van der Waals surface area (Å²) in [5.41, 5.74) is 11.1. The SMILES string of the molecule is NC(=N/C(=C\CCl)c1ccc(-c2ccccc2)cc1)c1ccccc1. The summed E-state index contributed by atoms with van der Waals surface area (Å²) >= 11 is 5.92. The quantitative estimate of drug-likeness (QED) is 0.378. The number of nitrogens with zero attached hydrogens (tertiary/aromatic N) is 1. The van der Waals surface area contributed by atoms with E-state index >= 15 is 0 Å². The zero-order valence-electron chi connectivity index (χ0n) is 13.8. The fourth-order valence-electron chi connectivity index (χ4n) is 2.57. The first kappa shape index (κ1) is 17.0. The van der Waals surface area contributed by atoms with Crippen molar-refractivity contribution in [2.75, 3.05) is 5.88 Å². The third-order valence-electron chi connectivity index (χ3n) is 3.87. The highest BCUT2D eigenvalue weighted by molar-refractivity contribution is 6.19. The van der Waals surface area contributed by atoms with E-state index in [2.05, 4.69) is 29.3 Å². The summed E-state index contributed by atoms with van der Waals surface area (Å²) in [6.45, 7) is 0. The Morgan fingerprint density at radius 1 is 0.760 bits per heavy atom. The Bertz CT molecular complexity index is 867. The number of nitrogens with two attached hydrogens (primary N) is 1. The van der Waals surface area contributed by atoms with E-state index in [-0.39, 0.29) is 0 Å². The number of allylic oxidation sites excluding steroid dienone is 1. The highest BCUT2D eigenvalue weighted by Crippen LogP contribution is 2.23. The molecule has 2 nitrogen and oxygen atoms in total. The van der Waals surface area contributed by atoms with Crippen LogP contribution in [0.3, 0.4) is 0 Å². The molecule has 0 radical (unpaired) electrons. The van der Waals surface area contributed by atoms with Crippen LogP contribution >= 0.6 is 11.6 Å². The third kappa shape index (κ3) is 4.37. The van der Waals surface area contributed by atoms with Crippen LogP contribution in [0.4, 0.5) is 0 Å². The Labute approximate surface area is 153 Å². The van der Waals surface area contributed by atoms with Crippen molar-refractivity contribution in [1.82, 2.24) is 0 Å². The number of aliphatic imine (C=N–C) groups is 1. The first-order chi connectivity index (χ1) is 12.3. The molecular formula is C22H19ClN2. The molecule has 3 heteroatoms. The second kappa shape index (κ2) is 8.32. The van der Waals surface area contributed by atoms with Gasteiger partial charge in [0.1, 0.15) is 5.84 Å². The molecule has 25 heavy (non-hydrogen) atoms. The number of amidine groups is 1. The summed E-state index contributed by atoms with van der Waals surface area (Å²) in [5, 5.41) is 0. The molecule has 0 amide bonds. The van der Waals surface area contributed by atoms with Gasteiger partial charge in [-0.2, -0.15) is 0 Å². The molecule has 0 saturated carbocycles. The maximum Gasteiger partial charge on any atom is 0.131 e. The van der Waals surface area contributed by atoms with Gasteiger partial charge in [-0.3, -0.25) is 0 Å². The van der Waals surface area contributed by atoms with E-state index in [1.165, 1.54) is 5.56 Å². The lowest BCUT2D eigenvalue weighted by Crippen LogP contribution is -2.13. The molecule has 0 aromatic heterocycles. The minimum Gasteiger partial charge on any atom is -0.383 e. The molecule has 3 aromatic rings. The van der Waals surface area contributed by atoms with Crippen molar-refractivity contribution in [2.24, 2.45) is 10.7 Å². The molecule has 0 atom stereocenters. The minimum absolute atomic E-state index is 0.376. The molecule has 0 aliphatic heterocycles. The van der Waals surface area contributed by atoms with Gasteiger partial charge in [-0.15, -0.1) is 11.6 Å². The van der Waals surface area contributed by atoms with E-state index in [4.69, 9.17) is 17.3 Å². The van der Waals surface area contributed by atoms with Crippen LogP contribution in [0.5, 0.6) is 0 Å². The van der Waals surface area contributed by atoms with E-state index in [1.807, 2.05) is 66.7 Å². The van der Waals surface area contributed by atoms with Gasteiger partial charge in [0.15, 0.2) is 0 Å². The first-order valence-corrected chi connectivity index (χ1v) is 8.63. The van der Waals surface area contributed by atoms with Crippen molar-refractivity contribution in [3.8, 4) is 11.1 Å². The van der Waals surface area contributed by atoms with Gasteiger partial charge >= 0.3 is 0 Å². The largest absolute Gasteiger partial charge is 0.383 e. The van der Waals surface area contributed by atoms with Crippen LogP contribution in [-0.4, -0.2) is 11.7 Å². The predicted molar refractivity (Wildman–Crippen MR) is 108 cm³/mol. The molecule has 0 spiro atoms. The van der Waals surface area contributed by atoms with Crippen LogP contribution < -0.4 is 5.73 Å². The Morgan fingerprint density at radius 2 is 1.32 bits per heavy atom. The van der Waals surface area contributed by atoms with Gasteiger partial charge in [-0.05, 0) is 22.8 Å². The summed E-state index contributed by atoms with van der Waals surface area (Å²) in [6, 6.07) is 28.2. The molecule has 0 saturated heterocycles. The maximum atomic E-state index is 6.15. The van der Waals surface area contributed by atoms with Crippen LogP contribution in [0.1, 0.15) is 11.1 Å². The highest BCUT2D eigenvalue weighted by Gasteiger charge is 2.04. The molecule has 0 aliphatic carbocycles. The fraction of sp³-hybridized carbons (Fsp3) is 0.0455. The van der Waals surface area contributed by atoms with Crippen LogP contribution in [0.15, 0.2) is 96.0 Å². The summed E-state index contributed by atoms with van der Waals surface area (Å²) in [6.07, 6.45) is 1.87. The lowest BCUT2D eigenvalue weighted by molar-refractivity contribution is 1.43. The van der Waals surface area contributed by atoms with Gasteiger partial charge in [0.2, 0.25) is 0 Å². The molecule has 0 aliphatic rings. The van der Waals surface area contributed by atoms with Gasteiger partial charge in [0.05, 0.1) is 5.70 Å². The first-order valence-electron chi connectivity index (χ1n) is 8.09. The van der Waals surface area contributed by atoms with E-state index < -0.39 is 0 Å². The molecule has 0 bridgehead atoms. The summed E-state index contributed by atoms with van der Waals surface area (Å²) in [4.78, 5) is 4.58. The monoisotopic (exact) mass is 346 g/mol. The Kier molecular flexibility index (Phi) is 5.65. The zero-order valence-corrected chi connectivity index (χ0v) is 14.5. The van der Waals surface area contributed by atoms with E-state index in [1.54, 1.807) is 0 Å². The molecule has 0 heterocycles. The van der Waals surface area contributed by atoms with Gasteiger partial charge in [0.25, 0.3) is 0 Å². The number of hydrogen-bond donors (Lipinski definition) is 1. The molecule has 0 fully saturated rings. The summed E-state index contributed by atoms with van der Waals surface area (Å²) < 4.78 is 0. The highest BCUT2D eigenvalue weighted by atomic mass is 35.5. The Morgan fingerprint density at radius 3 is 1.92 bits per heavy atom. The van der Waals surface area contributed by atoms with Crippen molar-refractivity contribution >= 4 is 23.1 Å². The average molecular weight is 347 g/mol. The molecule has 3 aromatic carbocycles. The van der Waals surface area contributed by atoms with Crippen molar-refractivity contribution in [3.05, 3.63) is 102 Å². The number of alkyl halides is 1. The average Bonchev–Trinajstić information content (AvgIpc) is 2.69. The maximum absolute atomic E-state index is 6.15. The Hall–Kier alpha value is -2.84. The van der Waals surface area contributed by atoms with E-state index in [9.17, 15) is 0 Å². The topological polar surface area (TPSA) is 38.4 Å². The summed E-state index contributed by atoms with van der Waals surface area (Å²) in [7, 11) is 0.